The lowest BCUT2D eigenvalue weighted by atomic mass is 9.81. The summed E-state index contributed by atoms with van der Waals surface area (Å²) < 4.78 is 19.1. The molecule has 2 aromatic rings. The van der Waals surface area contributed by atoms with Gasteiger partial charge in [-0.1, -0.05) is 0 Å². The van der Waals surface area contributed by atoms with Crippen LogP contribution in [0.5, 0.6) is 5.88 Å². The van der Waals surface area contributed by atoms with E-state index in [1.54, 1.807) is 12.1 Å². The zero-order valence-electron chi connectivity index (χ0n) is 13.2. The molecule has 1 aromatic carbocycles. The average molecular weight is 313 g/mol. The Bertz CT molecular complexity index is 664. The van der Waals surface area contributed by atoms with Crippen LogP contribution >= 0.6 is 0 Å². The van der Waals surface area contributed by atoms with Gasteiger partial charge in [0, 0.05) is 17.7 Å². The molecule has 5 heteroatoms. The number of aromatic nitrogens is 2. The van der Waals surface area contributed by atoms with Crippen LogP contribution in [-0.4, -0.2) is 40.3 Å². The molecular formula is C18H20FN3O. The van der Waals surface area contributed by atoms with Gasteiger partial charge in [-0.2, -0.15) is 0 Å². The van der Waals surface area contributed by atoms with Crippen molar-refractivity contribution in [3.05, 3.63) is 42.2 Å². The van der Waals surface area contributed by atoms with Crippen LogP contribution in [0.4, 0.5) is 4.39 Å². The highest BCUT2D eigenvalue weighted by Crippen LogP contribution is 2.34. The predicted octanol–water partition coefficient (Wildman–Crippen LogP) is 3.14. The first-order valence-electron chi connectivity index (χ1n) is 8.21. The van der Waals surface area contributed by atoms with E-state index >= 15 is 0 Å². The Morgan fingerprint density at radius 3 is 2.39 bits per heavy atom. The molecule has 0 radical (unpaired) electrons. The third-order valence-electron chi connectivity index (χ3n) is 5.13. The minimum Gasteiger partial charge on any atom is -0.471 e. The van der Waals surface area contributed by atoms with E-state index in [0.29, 0.717) is 17.8 Å². The van der Waals surface area contributed by atoms with Crippen molar-refractivity contribution in [2.75, 3.05) is 13.1 Å². The summed E-state index contributed by atoms with van der Waals surface area (Å²) in [7, 11) is 0. The van der Waals surface area contributed by atoms with Crippen molar-refractivity contribution in [3.63, 3.8) is 0 Å². The second-order valence-electron chi connectivity index (χ2n) is 6.46. The number of fused-ring (bicyclic) bond motifs is 3. The molecule has 3 saturated heterocycles. The lowest BCUT2D eigenvalue weighted by Gasteiger charge is -2.48. The number of ether oxygens (including phenoxy) is 1. The Morgan fingerprint density at radius 2 is 1.78 bits per heavy atom. The number of rotatable bonds is 3. The van der Waals surface area contributed by atoms with Crippen LogP contribution in [0.2, 0.25) is 0 Å². The molecule has 3 aliphatic rings. The van der Waals surface area contributed by atoms with Gasteiger partial charge >= 0.3 is 0 Å². The van der Waals surface area contributed by atoms with Gasteiger partial charge < -0.3 is 4.74 Å². The van der Waals surface area contributed by atoms with Crippen molar-refractivity contribution in [1.29, 1.82) is 0 Å². The van der Waals surface area contributed by atoms with E-state index < -0.39 is 0 Å². The second kappa shape index (κ2) is 5.89. The summed E-state index contributed by atoms with van der Waals surface area (Å²) in [6, 6.07) is 10.4. The monoisotopic (exact) mass is 313 g/mol. The normalized spacial score (nSPS) is 29.5. The van der Waals surface area contributed by atoms with Crippen molar-refractivity contribution in [2.45, 2.75) is 31.9 Å². The van der Waals surface area contributed by atoms with Crippen molar-refractivity contribution in [1.82, 2.24) is 15.1 Å². The molecule has 0 amide bonds. The van der Waals surface area contributed by atoms with Gasteiger partial charge in [0.25, 0.3) is 0 Å². The summed E-state index contributed by atoms with van der Waals surface area (Å²) >= 11 is 0. The third-order valence-corrected chi connectivity index (χ3v) is 5.13. The largest absolute Gasteiger partial charge is 0.471 e. The number of hydrogen-bond donors (Lipinski definition) is 0. The summed E-state index contributed by atoms with van der Waals surface area (Å²) in [5, 5.41) is 8.43. The number of hydrogen-bond acceptors (Lipinski definition) is 4. The van der Waals surface area contributed by atoms with Crippen molar-refractivity contribution >= 4 is 0 Å². The Labute approximate surface area is 135 Å². The molecule has 0 spiro atoms. The van der Waals surface area contributed by atoms with Gasteiger partial charge in [-0.05, 0) is 69.1 Å². The van der Waals surface area contributed by atoms with Gasteiger partial charge in [0.05, 0.1) is 5.69 Å². The SMILES string of the molecule is C[C@H]1[C@H](Oc2ccc(-c3ccc(F)cc3)nn2)C2CCN1CC2. The minimum atomic E-state index is -0.252. The van der Waals surface area contributed by atoms with Crippen molar-refractivity contribution in [2.24, 2.45) is 5.92 Å². The number of halogens is 1. The van der Waals surface area contributed by atoms with Crippen LogP contribution in [0.1, 0.15) is 19.8 Å². The highest BCUT2D eigenvalue weighted by atomic mass is 19.1. The van der Waals surface area contributed by atoms with E-state index in [4.69, 9.17) is 4.74 Å². The smallest absolute Gasteiger partial charge is 0.233 e. The first kappa shape index (κ1) is 14.6. The molecule has 3 fully saturated rings. The molecule has 0 unspecified atom stereocenters. The minimum absolute atomic E-state index is 0.198. The summed E-state index contributed by atoms with van der Waals surface area (Å²) in [5.41, 5.74) is 1.57. The topological polar surface area (TPSA) is 38.3 Å². The highest BCUT2D eigenvalue weighted by Gasteiger charge is 2.41. The van der Waals surface area contributed by atoms with Gasteiger partial charge in [0.15, 0.2) is 0 Å². The van der Waals surface area contributed by atoms with Gasteiger partial charge in [-0.25, -0.2) is 4.39 Å². The molecular weight excluding hydrogens is 293 g/mol. The van der Waals surface area contributed by atoms with E-state index in [1.165, 1.54) is 38.1 Å². The summed E-state index contributed by atoms with van der Waals surface area (Å²) in [5.74, 6) is 0.938. The lowest BCUT2D eigenvalue weighted by Crippen LogP contribution is -2.58. The molecule has 23 heavy (non-hydrogen) atoms. The Morgan fingerprint density at radius 1 is 1.04 bits per heavy atom. The highest BCUT2D eigenvalue weighted by molar-refractivity contribution is 5.58. The summed E-state index contributed by atoms with van der Waals surface area (Å²) in [6.07, 6.45) is 2.61. The van der Waals surface area contributed by atoms with E-state index in [2.05, 4.69) is 22.0 Å². The van der Waals surface area contributed by atoms with Gasteiger partial charge in [0.2, 0.25) is 5.88 Å². The van der Waals surface area contributed by atoms with Gasteiger partial charge in [0.1, 0.15) is 11.9 Å². The zero-order chi connectivity index (χ0) is 15.8. The van der Waals surface area contributed by atoms with Crippen LogP contribution in [0.3, 0.4) is 0 Å². The molecule has 0 aliphatic carbocycles. The maximum absolute atomic E-state index is 13.0. The molecule has 5 rings (SSSR count). The van der Waals surface area contributed by atoms with E-state index in [0.717, 1.165) is 11.3 Å². The molecule has 2 bridgehead atoms. The van der Waals surface area contributed by atoms with Crippen LogP contribution < -0.4 is 4.74 Å². The predicted molar refractivity (Wildman–Crippen MR) is 85.6 cm³/mol. The van der Waals surface area contributed by atoms with E-state index in [-0.39, 0.29) is 11.9 Å². The number of nitrogens with zero attached hydrogens (tertiary/aromatic N) is 3. The van der Waals surface area contributed by atoms with Gasteiger partial charge in [-0.3, -0.25) is 4.90 Å². The van der Waals surface area contributed by atoms with Crippen LogP contribution in [0, 0.1) is 11.7 Å². The fourth-order valence-electron chi connectivity index (χ4n) is 3.75. The Kier molecular flexibility index (Phi) is 3.73. The van der Waals surface area contributed by atoms with E-state index in [1.807, 2.05) is 12.1 Å². The fraction of sp³-hybridized carbons (Fsp3) is 0.444. The Hall–Kier alpha value is -2.01. The standard InChI is InChI=1S/C18H20FN3O/c1-12-18(14-8-10-22(12)11-9-14)23-17-7-6-16(20-21-17)13-2-4-15(19)5-3-13/h2-7,12,14,18H,8-11H2,1H3/t12-,18-/m0/s1. The summed E-state index contributed by atoms with van der Waals surface area (Å²) in [4.78, 5) is 2.49. The van der Waals surface area contributed by atoms with E-state index in [9.17, 15) is 4.39 Å². The fourth-order valence-corrected chi connectivity index (χ4v) is 3.75. The van der Waals surface area contributed by atoms with Crippen molar-refractivity contribution < 1.29 is 9.13 Å². The average Bonchev–Trinajstić information content (AvgIpc) is 2.60. The van der Waals surface area contributed by atoms with Crippen LogP contribution in [-0.2, 0) is 0 Å². The van der Waals surface area contributed by atoms with Crippen LogP contribution in [0.15, 0.2) is 36.4 Å². The zero-order valence-corrected chi connectivity index (χ0v) is 13.2. The molecule has 4 nitrogen and oxygen atoms in total. The Balaban J connectivity index is 1.49. The molecule has 120 valence electrons. The molecule has 3 aliphatic heterocycles. The summed E-state index contributed by atoms with van der Waals surface area (Å²) in [6.45, 7) is 4.60. The molecule has 0 N–H and O–H groups in total. The quantitative estimate of drug-likeness (QED) is 0.872. The molecule has 1 aromatic heterocycles. The lowest BCUT2D eigenvalue weighted by molar-refractivity contribution is -0.0528. The van der Waals surface area contributed by atoms with Gasteiger partial charge in [-0.15, -0.1) is 10.2 Å². The first-order chi connectivity index (χ1) is 11.2. The molecule has 2 atom stereocenters. The maximum Gasteiger partial charge on any atom is 0.233 e. The molecule has 4 heterocycles. The number of piperidine rings is 3. The number of benzene rings is 1. The molecule has 0 saturated carbocycles. The van der Waals surface area contributed by atoms with Crippen LogP contribution in [0.25, 0.3) is 11.3 Å². The van der Waals surface area contributed by atoms with Crippen molar-refractivity contribution in [3.8, 4) is 17.1 Å². The third kappa shape index (κ3) is 2.81. The first-order valence-corrected chi connectivity index (χ1v) is 8.21. The second-order valence-corrected chi connectivity index (χ2v) is 6.46. The maximum atomic E-state index is 13.0.